The molecule has 360 valence electrons. The molecule has 0 radical (unpaired) electrons. The average Bonchev–Trinajstić information content (AvgIpc) is 3.57. The lowest BCUT2D eigenvalue weighted by Gasteiger charge is -2.61. The van der Waals surface area contributed by atoms with Gasteiger partial charge in [0.1, 0.15) is 12.7 Å². The van der Waals surface area contributed by atoms with Crippen molar-refractivity contribution in [2.75, 3.05) is 66.3 Å². The predicted molar refractivity (Wildman–Crippen MR) is 232 cm³/mol. The van der Waals surface area contributed by atoms with E-state index in [2.05, 4.69) is 39.9 Å². The highest BCUT2D eigenvalue weighted by atomic mass is 16.7. The van der Waals surface area contributed by atoms with Crippen molar-refractivity contribution in [3.63, 3.8) is 0 Å². The van der Waals surface area contributed by atoms with E-state index in [-0.39, 0.29) is 44.1 Å². The summed E-state index contributed by atoms with van der Waals surface area (Å²) in [6, 6.07) is 0. The van der Waals surface area contributed by atoms with Crippen molar-refractivity contribution in [2.45, 2.75) is 137 Å². The lowest BCUT2D eigenvalue weighted by atomic mass is 9.44. The van der Waals surface area contributed by atoms with Gasteiger partial charge in [-0.05, 0) is 116 Å². The molecule has 17 nitrogen and oxygen atoms in total. The van der Waals surface area contributed by atoms with Gasteiger partial charge in [0.05, 0.1) is 45.7 Å². The van der Waals surface area contributed by atoms with Crippen LogP contribution in [-0.2, 0) is 38.2 Å². The van der Waals surface area contributed by atoms with Gasteiger partial charge in [-0.25, -0.2) is 4.79 Å². The molecule has 4 fully saturated rings. The first-order valence-corrected chi connectivity index (χ1v) is 23.5. The van der Waals surface area contributed by atoms with E-state index in [0.717, 1.165) is 65.1 Å². The van der Waals surface area contributed by atoms with Crippen LogP contribution in [0.3, 0.4) is 0 Å². The molecule has 0 aromatic heterocycles. The van der Waals surface area contributed by atoms with Crippen molar-refractivity contribution >= 4 is 35.9 Å². The van der Waals surface area contributed by atoms with Gasteiger partial charge < -0.3 is 40.0 Å². The zero-order valence-electron chi connectivity index (χ0n) is 38.8. The van der Waals surface area contributed by atoms with Gasteiger partial charge in [0.15, 0.2) is 0 Å². The summed E-state index contributed by atoms with van der Waals surface area (Å²) in [7, 11) is 1.37. The smallest absolute Gasteiger partial charge is 0.480 e. The number of nitrogens with zero attached hydrogens (tertiary/aromatic N) is 3. The number of carboxylic acid groups (broad SMARTS) is 3. The van der Waals surface area contributed by atoms with Crippen LogP contribution in [0.25, 0.3) is 0 Å². The Labute approximate surface area is 373 Å². The molecule has 4 aliphatic carbocycles. The predicted octanol–water partition coefficient (Wildman–Crippen LogP) is 5.13. The Kier molecular flexibility index (Phi) is 19.9. The molecule has 0 aromatic rings. The highest BCUT2D eigenvalue weighted by Gasteiger charge is 2.60. The largest absolute Gasteiger partial charge is 0.508 e. The third-order valence-electron chi connectivity index (χ3n) is 15.6. The first-order chi connectivity index (χ1) is 29.8. The minimum absolute atomic E-state index is 0.0985. The molecule has 1 amide bonds. The van der Waals surface area contributed by atoms with Crippen LogP contribution in [0.4, 0.5) is 4.79 Å². The van der Waals surface area contributed by atoms with Crippen molar-refractivity contribution in [1.29, 1.82) is 0 Å². The fourth-order valence-electron chi connectivity index (χ4n) is 12.4. The molecular weight excluding hydrogens is 817 g/mol. The van der Waals surface area contributed by atoms with E-state index in [4.69, 9.17) is 14.2 Å². The van der Waals surface area contributed by atoms with Crippen LogP contribution in [0.5, 0.6) is 0 Å². The first-order valence-electron chi connectivity index (χ1n) is 23.5. The number of esters is 1. The highest BCUT2D eigenvalue weighted by molar-refractivity contribution is 5.78. The van der Waals surface area contributed by atoms with Gasteiger partial charge in [0, 0.05) is 26.6 Å². The van der Waals surface area contributed by atoms with Crippen LogP contribution < -0.4 is 5.32 Å². The van der Waals surface area contributed by atoms with Crippen molar-refractivity contribution in [3.8, 4) is 0 Å². The second-order valence-corrected chi connectivity index (χ2v) is 20.0. The summed E-state index contributed by atoms with van der Waals surface area (Å²) in [5, 5.41) is 40.4. The number of carbonyl (C=O) groups is 6. The summed E-state index contributed by atoms with van der Waals surface area (Å²) in [5.41, 5.74) is 0.687. The number of rotatable bonds is 26. The van der Waals surface area contributed by atoms with Crippen LogP contribution in [-0.4, -0.2) is 150 Å². The molecular formula is C46H78N4O13. The summed E-state index contributed by atoms with van der Waals surface area (Å²) in [6.07, 6.45) is 12.1. The van der Waals surface area contributed by atoms with Crippen molar-refractivity contribution in [1.82, 2.24) is 20.0 Å². The van der Waals surface area contributed by atoms with E-state index < -0.39 is 81.6 Å². The Bertz CT molecular complexity index is 1530. The molecule has 0 aliphatic heterocycles. The van der Waals surface area contributed by atoms with Crippen LogP contribution in [0.1, 0.15) is 125 Å². The van der Waals surface area contributed by atoms with E-state index in [0.29, 0.717) is 17.3 Å². The van der Waals surface area contributed by atoms with E-state index in [1.54, 1.807) is 0 Å². The fourth-order valence-corrected chi connectivity index (χ4v) is 12.4. The van der Waals surface area contributed by atoms with Crippen molar-refractivity contribution in [3.05, 3.63) is 0 Å². The Morgan fingerprint density at radius 3 is 2.05 bits per heavy atom. The monoisotopic (exact) mass is 895 g/mol. The Morgan fingerprint density at radius 2 is 1.41 bits per heavy atom. The number of hydrogen-bond donors (Lipinski definition) is 5. The second-order valence-electron chi connectivity index (χ2n) is 20.0. The number of nitrogens with one attached hydrogen (secondary N) is 1. The average molecular weight is 895 g/mol. The van der Waals surface area contributed by atoms with Gasteiger partial charge in [-0.2, -0.15) is 0 Å². The van der Waals surface area contributed by atoms with Crippen LogP contribution >= 0.6 is 0 Å². The van der Waals surface area contributed by atoms with Gasteiger partial charge in [-0.1, -0.05) is 53.9 Å². The maximum atomic E-state index is 12.9. The number of carboxylic acids is 3. The number of hydrogen-bond acceptors (Lipinski definition) is 13. The number of aliphatic hydroxyl groups is 1. The summed E-state index contributed by atoms with van der Waals surface area (Å²) in [4.78, 5) is 76.5. The molecule has 0 heterocycles. The van der Waals surface area contributed by atoms with E-state index in [9.17, 15) is 49.2 Å². The third kappa shape index (κ3) is 14.5. The molecule has 5 N–H and O–H groups in total. The third-order valence-corrected chi connectivity index (χ3v) is 15.6. The molecule has 7 unspecified atom stereocenters. The molecule has 0 bridgehead atoms. The zero-order valence-corrected chi connectivity index (χ0v) is 38.8. The van der Waals surface area contributed by atoms with Crippen molar-refractivity contribution in [2.24, 2.45) is 52.3 Å². The van der Waals surface area contributed by atoms with Crippen molar-refractivity contribution < 1.29 is 63.4 Å². The Morgan fingerprint density at radius 1 is 0.746 bits per heavy atom. The van der Waals surface area contributed by atoms with Gasteiger partial charge >= 0.3 is 30.0 Å². The SMILES string of the molecule is CNC(=O)CN(CCN(CO)CC(=O)O)C(COC(=O)CCCOC(=O)OC1CC[C@@]2(C)C(CCC3C2CC[C@@]2(C)C3CCC2[C@H](C)CCCC(C)C)C1)N(CC(=O)O)CC(=O)O. The topological polar surface area (TPSA) is 233 Å². The summed E-state index contributed by atoms with van der Waals surface area (Å²) in [6.45, 7) is 8.30. The zero-order chi connectivity index (χ0) is 46.5. The molecule has 17 heteroatoms. The number of likely N-dealkylation sites (N-methyl/N-ethyl adjacent to an activating group) is 1. The normalized spacial score (nSPS) is 28.7. The van der Waals surface area contributed by atoms with E-state index in [1.165, 1.54) is 63.3 Å². The molecule has 0 saturated heterocycles. The molecule has 0 spiro atoms. The summed E-state index contributed by atoms with van der Waals surface area (Å²) >= 11 is 0. The maximum absolute atomic E-state index is 12.9. The molecule has 4 aliphatic rings. The number of fused-ring (bicyclic) bond motifs is 5. The quantitative estimate of drug-likeness (QED) is 0.0430. The maximum Gasteiger partial charge on any atom is 0.508 e. The van der Waals surface area contributed by atoms with Gasteiger partial charge in [0.2, 0.25) is 5.91 Å². The van der Waals surface area contributed by atoms with Gasteiger partial charge in [-0.3, -0.25) is 38.7 Å². The van der Waals surface area contributed by atoms with Gasteiger partial charge in [0.25, 0.3) is 0 Å². The fraction of sp³-hybridized carbons (Fsp3) is 0.870. The van der Waals surface area contributed by atoms with Crippen LogP contribution in [0, 0.1) is 52.3 Å². The second kappa shape index (κ2) is 24.1. The lowest BCUT2D eigenvalue weighted by molar-refractivity contribution is -0.153. The number of amides is 1. The first kappa shape index (κ1) is 52.1. The van der Waals surface area contributed by atoms with Crippen LogP contribution in [0.2, 0.25) is 0 Å². The Hall–Kier alpha value is -3.54. The number of aliphatic hydroxyl groups excluding tert-OH is 1. The van der Waals surface area contributed by atoms with Gasteiger partial charge in [-0.15, -0.1) is 0 Å². The molecule has 4 saturated carbocycles. The summed E-state index contributed by atoms with van der Waals surface area (Å²) < 4.78 is 16.7. The molecule has 4 rings (SSSR count). The van der Waals surface area contributed by atoms with E-state index in [1.807, 2.05) is 0 Å². The number of aliphatic carboxylic acids is 3. The lowest BCUT2D eigenvalue weighted by Crippen LogP contribution is -2.57. The standard InChI is InChI=1S/C46H78N4O13/c1-30(2)9-7-10-31(3)35-14-15-36-34-13-12-32-23-33(16-18-45(32,4)37(34)17-19-46(35,36)5)63-44(60)61-22-8-11-43(59)62-28-39(50(26-41(55)56)27-42(57)58)49(24-38(52)47-6)21-20-48(29-51)25-40(53)54/h30-37,39,51H,7-29H2,1-6H3,(H,47,52)(H,53,54)(H,55,56)(H,57,58)/t31-,32?,33?,34?,35?,36?,37?,39?,45+,46-/m1/s1. The summed E-state index contributed by atoms with van der Waals surface area (Å²) in [5.74, 6) is -0.0669. The van der Waals surface area contributed by atoms with Crippen LogP contribution in [0.15, 0.2) is 0 Å². The highest BCUT2D eigenvalue weighted by Crippen LogP contribution is 2.68. The minimum Gasteiger partial charge on any atom is -0.480 e. The molecule has 10 atom stereocenters. The number of carbonyl (C=O) groups excluding carboxylic acids is 3. The molecule has 0 aromatic carbocycles. The Balaban J connectivity index is 1.26. The minimum atomic E-state index is -1.37. The molecule has 63 heavy (non-hydrogen) atoms. The van der Waals surface area contributed by atoms with E-state index >= 15 is 0 Å². The number of ether oxygens (including phenoxy) is 3.